The molecule has 2 nitrogen and oxygen atoms in total. The predicted molar refractivity (Wildman–Crippen MR) is 58.0 cm³/mol. The topological polar surface area (TPSA) is 40.5 Å². The van der Waals surface area contributed by atoms with Gasteiger partial charge >= 0.3 is 0 Å². The molecule has 2 N–H and O–H groups in total. The SMILES string of the molecule is CC(C)C1CCC(O)C(CCCO)C1. The van der Waals surface area contributed by atoms with E-state index in [1.807, 2.05) is 0 Å². The molecule has 0 aliphatic heterocycles. The molecular weight excluding hydrogens is 176 g/mol. The number of aliphatic hydroxyl groups excluding tert-OH is 2. The van der Waals surface area contributed by atoms with Gasteiger partial charge < -0.3 is 10.2 Å². The molecular formula is C12H24O2. The fourth-order valence-corrected chi connectivity index (χ4v) is 2.55. The minimum atomic E-state index is -0.114. The standard InChI is InChI=1S/C12H24O2/c1-9(2)10-5-6-12(14)11(8-10)4-3-7-13/h9-14H,3-8H2,1-2H3. The normalized spacial score (nSPS) is 33.6. The van der Waals surface area contributed by atoms with Crippen LogP contribution in [0.2, 0.25) is 0 Å². The number of rotatable bonds is 4. The van der Waals surface area contributed by atoms with Gasteiger partial charge in [-0.05, 0) is 49.9 Å². The van der Waals surface area contributed by atoms with Gasteiger partial charge in [-0.1, -0.05) is 13.8 Å². The molecule has 0 bridgehead atoms. The van der Waals surface area contributed by atoms with Crippen LogP contribution in [0.5, 0.6) is 0 Å². The highest BCUT2D eigenvalue weighted by Crippen LogP contribution is 2.35. The van der Waals surface area contributed by atoms with Crippen LogP contribution in [0.1, 0.15) is 46.0 Å². The molecule has 0 spiro atoms. The van der Waals surface area contributed by atoms with E-state index in [1.54, 1.807) is 0 Å². The monoisotopic (exact) mass is 200 g/mol. The Morgan fingerprint density at radius 1 is 1.29 bits per heavy atom. The van der Waals surface area contributed by atoms with Crippen LogP contribution in [0.15, 0.2) is 0 Å². The lowest BCUT2D eigenvalue weighted by molar-refractivity contribution is 0.0306. The maximum absolute atomic E-state index is 9.81. The van der Waals surface area contributed by atoms with Crippen molar-refractivity contribution in [2.45, 2.75) is 52.1 Å². The van der Waals surface area contributed by atoms with Gasteiger partial charge in [-0.25, -0.2) is 0 Å². The molecule has 0 aromatic carbocycles. The average Bonchev–Trinajstić information content (AvgIpc) is 2.16. The van der Waals surface area contributed by atoms with E-state index < -0.39 is 0 Å². The molecule has 1 aliphatic rings. The zero-order valence-electron chi connectivity index (χ0n) is 9.45. The fraction of sp³-hybridized carbons (Fsp3) is 1.00. The smallest absolute Gasteiger partial charge is 0.0568 e. The first-order chi connectivity index (χ1) is 6.65. The van der Waals surface area contributed by atoms with Gasteiger partial charge in [-0.15, -0.1) is 0 Å². The molecule has 14 heavy (non-hydrogen) atoms. The quantitative estimate of drug-likeness (QED) is 0.730. The van der Waals surface area contributed by atoms with E-state index in [0.717, 1.165) is 37.5 Å². The molecule has 1 rings (SSSR count). The van der Waals surface area contributed by atoms with Crippen molar-refractivity contribution in [3.63, 3.8) is 0 Å². The number of hydrogen-bond acceptors (Lipinski definition) is 2. The molecule has 3 atom stereocenters. The molecule has 0 saturated heterocycles. The summed E-state index contributed by atoms with van der Waals surface area (Å²) in [6.45, 7) is 4.80. The Morgan fingerprint density at radius 3 is 2.57 bits per heavy atom. The summed E-state index contributed by atoms with van der Waals surface area (Å²) < 4.78 is 0. The van der Waals surface area contributed by atoms with Crippen LogP contribution >= 0.6 is 0 Å². The summed E-state index contributed by atoms with van der Waals surface area (Å²) in [7, 11) is 0. The van der Waals surface area contributed by atoms with Crippen molar-refractivity contribution in [1.82, 2.24) is 0 Å². The summed E-state index contributed by atoms with van der Waals surface area (Å²) in [5.41, 5.74) is 0. The van der Waals surface area contributed by atoms with Crippen molar-refractivity contribution < 1.29 is 10.2 Å². The van der Waals surface area contributed by atoms with Crippen LogP contribution in [-0.4, -0.2) is 22.9 Å². The highest BCUT2D eigenvalue weighted by atomic mass is 16.3. The minimum absolute atomic E-state index is 0.114. The molecule has 0 aromatic heterocycles. The summed E-state index contributed by atoms with van der Waals surface area (Å²) in [4.78, 5) is 0. The van der Waals surface area contributed by atoms with E-state index >= 15 is 0 Å². The van der Waals surface area contributed by atoms with Gasteiger partial charge in [0.15, 0.2) is 0 Å². The molecule has 1 saturated carbocycles. The first-order valence-electron chi connectivity index (χ1n) is 5.94. The Morgan fingerprint density at radius 2 is 2.00 bits per heavy atom. The molecule has 3 unspecified atom stereocenters. The zero-order valence-corrected chi connectivity index (χ0v) is 9.45. The van der Waals surface area contributed by atoms with E-state index in [2.05, 4.69) is 13.8 Å². The molecule has 1 fully saturated rings. The summed E-state index contributed by atoms with van der Waals surface area (Å²) in [5.74, 6) is 1.95. The van der Waals surface area contributed by atoms with Crippen molar-refractivity contribution in [1.29, 1.82) is 0 Å². The van der Waals surface area contributed by atoms with Crippen molar-refractivity contribution >= 4 is 0 Å². The van der Waals surface area contributed by atoms with Crippen molar-refractivity contribution in [2.24, 2.45) is 17.8 Å². The second-order valence-electron chi connectivity index (χ2n) is 5.01. The Bertz CT molecular complexity index is 156. The summed E-state index contributed by atoms with van der Waals surface area (Å²) >= 11 is 0. The fourth-order valence-electron chi connectivity index (χ4n) is 2.55. The average molecular weight is 200 g/mol. The van der Waals surface area contributed by atoms with Crippen molar-refractivity contribution in [2.75, 3.05) is 6.61 Å². The van der Waals surface area contributed by atoms with Crippen LogP contribution in [0, 0.1) is 17.8 Å². The Hall–Kier alpha value is -0.0800. The Kier molecular flexibility index (Phi) is 4.90. The lowest BCUT2D eigenvalue weighted by Gasteiger charge is -2.35. The molecule has 0 heterocycles. The van der Waals surface area contributed by atoms with Gasteiger partial charge in [0.05, 0.1) is 6.10 Å². The first kappa shape index (κ1) is 12.0. The Balaban J connectivity index is 2.38. The molecule has 0 amide bonds. The van der Waals surface area contributed by atoms with Gasteiger partial charge in [0.25, 0.3) is 0 Å². The third-order valence-corrected chi connectivity index (χ3v) is 3.66. The summed E-state index contributed by atoms with van der Waals surface area (Å²) in [5, 5.41) is 18.6. The van der Waals surface area contributed by atoms with Crippen LogP contribution in [0.4, 0.5) is 0 Å². The third kappa shape index (κ3) is 3.25. The van der Waals surface area contributed by atoms with E-state index in [1.165, 1.54) is 6.42 Å². The maximum Gasteiger partial charge on any atom is 0.0568 e. The van der Waals surface area contributed by atoms with Crippen molar-refractivity contribution in [3.05, 3.63) is 0 Å². The first-order valence-corrected chi connectivity index (χ1v) is 5.94. The van der Waals surface area contributed by atoms with Crippen LogP contribution < -0.4 is 0 Å². The third-order valence-electron chi connectivity index (χ3n) is 3.66. The number of hydrogen-bond donors (Lipinski definition) is 2. The summed E-state index contributed by atoms with van der Waals surface area (Å²) in [6.07, 6.45) is 5.00. The van der Waals surface area contributed by atoms with Gasteiger partial charge in [-0.3, -0.25) is 0 Å². The summed E-state index contributed by atoms with van der Waals surface area (Å²) in [6, 6.07) is 0. The van der Waals surface area contributed by atoms with Gasteiger partial charge in [0, 0.05) is 6.61 Å². The molecule has 1 aliphatic carbocycles. The van der Waals surface area contributed by atoms with Crippen LogP contribution in [0.3, 0.4) is 0 Å². The lowest BCUT2D eigenvalue weighted by Crippen LogP contribution is -2.31. The second-order valence-corrected chi connectivity index (χ2v) is 5.01. The number of aliphatic hydroxyl groups is 2. The van der Waals surface area contributed by atoms with Gasteiger partial charge in [0.2, 0.25) is 0 Å². The lowest BCUT2D eigenvalue weighted by atomic mass is 9.73. The largest absolute Gasteiger partial charge is 0.396 e. The highest BCUT2D eigenvalue weighted by Gasteiger charge is 2.29. The molecule has 0 radical (unpaired) electrons. The molecule has 84 valence electrons. The maximum atomic E-state index is 9.81. The molecule has 0 aromatic rings. The van der Waals surface area contributed by atoms with Gasteiger partial charge in [0.1, 0.15) is 0 Å². The zero-order chi connectivity index (χ0) is 10.6. The van der Waals surface area contributed by atoms with E-state index in [9.17, 15) is 5.11 Å². The van der Waals surface area contributed by atoms with Crippen LogP contribution in [0.25, 0.3) is 0 Å². The van der Waals surface area contributed by atoms with E-state index in [0.29, 0.717) is 5.92 Å². The predicted octanol–water partition coefficient (Wildman–Crippen LogP) is 2.19. The second kappa shape index (κ2) is 5.72. The minimum Gasteiger partial charge on any atom is -0.396 e. The van der Waals surface area contributed by atoms with Gasteiger partial charge in [-0.2, -0.15) is 0 Å². The van der Waals surface area contributed by atoms with E-state index in [4.69, 9.17) is 5.11 Å². The molecule has 2 heteroatoms. The van der Waals surface area contributed by atoms with Crippen LogP contribution in [-0.2, 0) is 0 Å². The Labute approximate surface area is 87.3 Å². The van der Waals surface area contributed by atoms with E-state index in [-0.39, 0.29) is 12.7 Å². The highest BCUT2D eigenvalue weighted by molar-refractivity contribution is 4.81. The van der Waals surface area contributed by atoms with Crippen molar-refractivity contribution in [3.8, 4) is 0 Å².